The molecule has 2 aromatic rings. The van der Waals surface area contributed by atoms with Gasteiger partial charge in [-0.25, -0.2) is 4.98 Å². The Morgan fingerprint density at radius 1 is 1.35 bits per heavy atom. The fourth-order valence-electron chi connectivity index (χ4n) is 2.49. The van der Waals surface area contributed by atoms with Crippen molar-refractivity contribution in [3.63, 3.8) is 0 Å². The van der Waals surface area contributed by atoms with Gasteiger partial charge in [-0.05, 0) is 24.3 Å². The molecule has 1 aliphatic heterocycles. The molecular weight excluding hydrogens is 334 g/mol. The fourth-order valence-corrected chi connectivity index (χ4v) is 3.32. The third-order valence-electron chi connectivity index (χ3n) is 3.79. The topological polar surface area (TPSA) is 66.4 Å². The van der Waals surface area contributed by atoms with E-state index in [1.807, 2.05) is 17.5 Å². The lowest BCUT2D eigenvalue weighted by Gasteiger charge is -2.13. The number of hydrogen-bond donors (Lipinski definition) is 3. The van der Waals surface area contributed by atoms with Gasteiger partial charge >= 0.3 is 0 Å². The van der Waals surface area contributed by atoms with E-state index in [2.05, 4.69) is 15.6 Å². The SMILES string of the molecule is OC1CNCC1CNCc1csc(COc2ccc(Cl)cc2)n1. The number of nitrogens with zero attached hydrogens (tertiary/aromatic N) is 1. The Kier molecular flexibility index (Phi) is 5.85. The van der Waals surface area contributed by atoms with Gasteiger partial charge in [-0.15, -0.1) is 11.3 Å². The van der Waals surface area contributed by atoms with E-state index in [-0.39, 0.29) is 12.0 Å². The monoisotopic (exact) mass is 353 g/mol. The summed E-state index contributed by atoms with van der Waals surface area (Å²) >= 11 is 7.44. The first-order valence-corrected chi connectivity index (χ1v) is 8.87. The zero-order valence-electron chi connectivity index (χ0n) is 12.7. The first-order chi connectivity index (χ1) is 11.2. The van der Waals surface area contributed by atoms with Crippen LogP contribution in [0.15, 0.2) is 29.6 Å². The standard InChI is InChI=1S/C16H20ClN3O2S/c17-12-1-3-14(4-2-12)22-9-16-20-13(10-23-16)7-18-5-11-6-19-8-15(11)21/h1-4,10-11,15,18-19,21H,5-9H2. The van der Waals surface area contributed by atoms with Crippen molar-refractivity contribution in [3.05, 3.63) is 45.4 Å². The summed E-state index contributed by atoms with van der Waals surface area (Å²) in [7, 11) is 0. The maximum atomic E-state index is 9.74. The summed E-state index contributed by atoms with van der Waals surface area (Å²) < 4.78 is 5.69. The van der Waals surface area contributed by atoms with Crippen LogP contribution in [0.5, 0.6) is 5.75 Å². The molecule has 1 aromatic heterocycles. The molecule has 23 heavy (non-hydrogen) atoms. The highest BCUT2D eigenvalue weighted by atomic mass is 35.5. The first kappa shape index (κ1) is 16.7. The smallest absolute Gasteiger partial charge is 0.140 e. The van der Waals surface area contributed by atoms with E-state index < -0.39 is 0 Å². The fraction of sp³-hybridized carbons (Fsp3) is 0.438. The maximum absolute atomic E-state index is 9.74. The summed E-state index contributed by atoms with van der Waals surface area (Å²) in [5.41, 5.74) is 1.00. The van der Waals surface area contributed by atoms with Crippen LogP contribution in [0.25, 0.3) is 0 Å². The lowest BCUT2D eigenvalue weighted by Crippen LogP contribution is -2.30. The minimum atomic E-state index is -0.249. The second kappa shape index (κ2) is 8.08. The van der Waals surface area contributed by atoms with E-state index in [9.17, 15) is 5.11 Å². The number of aliphatic hydroxyl groups excluding tert-OH is 1. The van der Waals surface area contributed by atoms with Crippen molar-refractivity contribution in [1.29, 1.82) is 0 Å². The van der Waals surface area contributed by atoms with Gasteiger partial charge in [0.15, 0.2) is 0 Å². The van der Waals surface area contributed by atoms with E-state index in [0.29, 0.717) is 24.7 Å². The molecule has 0 aliphatic carbocycles. The average Bonchev–Trinajstić information content (AvgIpc) is 3.17. The van der Waals surface area contributed by atoms with Crippen LogP contribution in [0.2, 0.25) is 5.02 Å². The normalized spacial score (nSPS) is 20.8. The second-order valence-corrected chi connectivity index (χ2v) is 6.97. The van der Waals surface area contributed by atoms with Crippen LogP contribution in [0, 0.1) is 5.92 Å². The molecule has 124 valence electrons. The van der Waals surface area contributed by atoms with E-state index in [1.54, 1.807) is 23.5 Å². The quantitative estimate of drug-likeness (QED) is 0.711. The van der Waals surface area contributed by atoms with Crippen LogP contribution >= 0.6 is 22.9 Å². The first-order valence-electron chi connectivity index (χ1n) is 7.62. The van der Waals surface area contributed by atoms with Crippen LogP contribution in [-0.4, -0.2) is 35.8 Å². The van der Waals surface area contributed by atoms with Gasteiger partial charge in [-0.3, -0.25) is 0 Å². The molecule has 0 bridgehead atoms. The molecule has 3 N–H and O–H groups in total. The Morgan fingerprint density at radius 3 is 2.91 bits per heavy atom. The zero-order valence-corrected chi connectivity index (χ0v) is 14.2. The Bertz CT molecular complexity index is 620. The number of halogens is 1. The van der Waals surface area contributed by atoms with Gasteiger partial charge in [0.25, 0.3) is 0 Å². The largest absolute Gasteiger partial charge is 0.486 e. The van der Waals surface area contributed by atoms with Gasteiger partial charge in [-0.1, -0.05) is 11.6 Å². The van der Waals surface area contributed by atoms with Crippen molar-refractivity contribution in [2.24, 2.45) is 5.92 Å². The minimum Gasteiger partial charge on any atom is -0.486 e. The molecule has 2 atom stereocenters. The molecule has 1 saturated heterocycles. The predicted octanol–water partition coefficient (Wildman–Crippen LogP) is 2.05. The molecule has 5 nitrogen and oxygen atoms in total. The van der Waals surface area contributed by atoms with Gasteiger partial charge in [0.2, 0.25) is 0 Å². The molecule has 1 fully saturated rings. The van der Waals surface area contributed by atoms with Crippen molar-refractivity contribution in [2.45, 2.75) is 19.3 Å². The third-order valence-corrected chi connectivity index (χ3v) is 4.92. The van der Waals surface area contributed by atoms with E-state index >= 15 is 0 Å². The highest BCUT2D eigenvalue weighted by molar-refractivity contribution is 7.09. The number of hydrogen-bond acceptors (Lipinski definition) is 6. The Labute approximate surface area is 144 Å². The van der Waals surface area contributed by atoms with Crippen LogP contribution in [0.4, 0.5) is 0 Å². The third kappa shape index (κ3) is 4.89. The van der Waals surface area contributed by atoms with Gasteiger partial charge in [0, 0.05) is 42.5 Å². The summed E-state index contributed by atoms with van der Waals surface area (Å²) in [6, 6.07) is 7.31. The lowest BCUT2D eigenvalue weighted by molar-refractivity contribution is 0.146. The van der Waals surface area contributed by atoms with Crippen LogP contribution in [-0.2, 0) is 13.2 Å². The van der Waals surface area contributed by atoms with Gasteiger partial charge < -0.3 is 20.5 Å². The van der Waals surface area contributed by atoms with E-state index in [0.717, 1.165) is 29.5 Å². The van der Waals surface area contributed by atoms with Gasteiger partial charge in [0.05, 0.1) is 11.8 Å². The zero-order chi connectivity index (χ0) is 16.1. The molecule has 3 rings (SSSR count). The van der Waals surface area contributed by atoms with Crippen molar-refractivity contribution in [1.82, 2.24) is 15.6 Å². The number of benzene rings is 1. The highest BCUT2D eigenvalue weighted by Crippen LogP contribution is 2.18. The summed E-state index contributed by atoms with van der Waals surface area (Å²) in [6.07, 6.45) is -0.249. The summed E-state index contributed by atoms with van der Waals surface area (Å²) in [5.74, 6) is 1.06. The molecule has 0 amide bonds. The Hall–Kier alpha value is -1.18. The Morgan fingerprint density at radius 2 is 2.17 bits per heavy atom. The molecule has 0 spiro atoms. The summed E-state index contributed by atoms with van der Waals surface area (Å²) in [4.78, 5) is 4.55. The molecular formula is C16H20ClN3O2S. The summed E-state index contributed by atoms with van der Waals surface area (Å²) in [5, 5.41) is 20.0. The van der Waals surface area contributed by atoms with Gasteiger partial charge in [-0.2, -0.15) is 0 Å². The number of aliphatic hydroxyl groups is 1. The van der Waals surface area contributed by atoms with Crippen LogP contribution < -0.4 is 15.4 Å². The van der Waals surface area contributed by atoms with Crippen molar-refractivity contribution >= 4 is 22.9 Å². The van der Waals surface area contributed by atoms with Gasteiger partial charge in [0.1, 0.15) is 17.4 Å². The van der Waals surface area contributed by atoms with E-state index in [4.69, 9.17) is 16.3 Å². The lowest BCUT2D eigenvalue weighted by atomic mass is 10.1. The van der Waals surface area contributed by atoms with Crippen molar-refractivity contribution < 1.29 is 9.84 Å². The van der Waals surface area contributed by atoms with E-state index in [1.165, 1.54) is 0 Å². The molecule has 1 aromatic carbocycles. The molecule has 1 aliphatic rings. The second-order valence-electron chi connectivity index (χ2n) is 5.59. The minimum absolute atomic E-state index is 0.249. The number of rotatable bonds is 7. The molecule has 2 unspecified atom stereocenters. The number of β-amino-alcohol motifs (C(OH)–C–C–N with tert-alkyl or cyclic N) is 1. The number of thiazole rings is 1. The Balaban J connectivity index is 1.41. The average molecular weight is 354 g/mol. The highest BCUT2D eigenvalue weighted by Gasteiger charge is 2.24. The van der Waals surface area contributed by atoms with Crippen molar-refractivity contribution in [2.75, 3.05) is 19.6 Å². The molecule has 2 heterocycles. The molecule has 7 heteroatoms. The number of ether oxygens (including phenoxy) is 1. The maximum Gasteiger partial charge on any atom is 0.140 e. The predicted molar refractivity (Wildman–Crippen MR) is 92.0 cm³/mol. The molecule has 0 radical (unpaired) electrons. The number of aromatic nitrogens is 1. The molecule has 0 saturated carbocycles. The van der Waals surface area contributed by atoms with Crippen molar-refractivity contribution in [3.8, 4) is 5.75 Å². The van der Waals surface area contributed by atoms with Crippen LogP contribution in [0.1, 0.15) is 10.7 Å². The van der Waals surface area contributed by atoms with Crippen LogP contribution in [0.3, 0.4) is 0 Å². The number of nitrogens with one attached hydrogen (secondary N) is 2. The summed E-state index contributed by atoms with van der Waals surface area (Å²) in [6.45, 7) is 3.52.